The van der Waals surface area contributed by atoms with E-state index < -0.39 is 17.1 Å². The Morgan fingerprint density at radius 2 is 1.83 bits per heavy atom. The molecule has 0 radical (unpaired) electrons. The van der Waals surface area contributed by atoms with Gasteiger partial charge in [0.15, 0.2) is 0 Å². The normalized spacial score (nSPS) is 11.2. The van der Waals surface area contributed by atoms with Gasteiger partial charge >= 0.3 is 0 Å². The highest BCUT2D eigenvalue weighted by Gasteiger charge is 2.23. The van der Waals surface area contributed by atoms with Gasteiger partial charge in [0.25, 0.3) is 5.91 Å². The van der Waals surface area contributed by atoms with E-state index in [0.29, 0.717) is 15.4 Å². The number of carbonyl (C=O) groups excluding carboxylic acids is 2. The van der Waals surface area contributed by atoms with Gasteiger partial charge in [0.1, 0.15) is 5.82 Å². The van der Waals surface area contributed by atoms with Crippen molar-refractivity contribution in [1.29, 1.82) is 0 Å². The van der Waals surface area contributed by atoms with Crippen molar-refractivity contribution < 1.29 is 14.0 Å². The largest absolute Gasteiger partial charge is 0.319 e. The smallest absolute Gasteiger partial charge is 0.266 e. The number of thiophene rings is 1. The summed E-state index contributed by atoms with van der Waals surface area (Å²) in [7, 11) is 0. The minimum atomic E-state index is -0.605. The van der Waals surface area contributed by atoms with E-state index in [-0.39, 0.29) is 16.6 Å². The fourth-order valence-corrected chi connectivity index (χ4v) is 2.96. The predicted molar refractivity (Wildman–Crippen MR) is 96.5 cm³/mol. The van der Waals surface area contributed by atoms with Crippen molar-refractivity contribution in [3.8, 4) is 0 Å². The van der Waals surface area contributed by atoms with Gasteiger partial charge in [0.2, 0.25) is 5.91 Å². The molecule has 7 heteroatoms. The number of rotatable bonds is 3. The van der Waals surface area contributed by atoms with Gasteiger partial charge in [-0.1, -0.05) is 32.4 Å². The molecule has 128 valence electrons. The van der Waals surface area contributed by atoms with Crippen LogP contribution in [0.15, 0.2) is 24.3 Å². The zero-order valence-corrected chi connectivity index (χ0v) is 15.4. The number of benzene rings is 1. The molecule has 0 saturated carbocycles. The predicted octanol–water partition coefficient (Wildman–Crippen LogP) is 5.09. The number of hydrogen-bond donors (Lipinski definition) is 2. The number of hydrogen-bond acceptors (Lipinski definition) is 3. The topological polar surface area (TPSA) is 58.2 Å². The van der Waals surface area contributed by atoms with E-state index in [2.05, 4.69) is 10.6 Å². The number of aryl methyl sites for hydroxylation is 1. The van der Waals surface area contributed by atoms with E-state index in [1.807, 2.05) is 0 Å². The highest BCUT2D eigenvalue weighted by Crippen LogP contribution is 2.29. The Labute approximate surface area is 149 Å². The summed E-state index contributed by atoms with van der Waals surface area (Å²) in [6.07, 6.45) is 0. The molecule has 2 aromatic rings. The van der Waals surface area contributed by atoms with Crippen LogP contribution in [0.1, 0.15) is 36.0 Å². The minimum absolute atomic E-state index is 0.0532. The summed E-state index contributed by atoms with van der Waals surface area (Å²) in [4.78, 5) is 24.8. The van der Waals surface area contributed by atoms with Gasteiger partial charge in [-0.05, 0) is 36.8 Å². The zero-order valence-electron chi connectivity index (χ0n) is 13.8. The van der Waals surface area contributed by atoms with Crippen molar-refractivity contribution in [1.82, 2.24) is 0 Å². The lowest BCUT2D eigenvalue weighted by molar-refractivity contribution is -0.123. The molecule has 24 heavy (non-hydrogen) atoms. The standard InChI is InChI=1S/C17H18ClFN2O2S/c1-9-7-13(21-16(23)17(2,3)4)24-14(9)15(22)20-12-6-5-10(18)8-11(12)19/h5-8H,1-4H3,(H,20,22)(H,21,23). The van der Waals surface area contributed by atoms with Gasteiger partial charge in [-0.3, -0.25) is 9.59 Å². The quantitative estimate of drug-likeness (QED) is 0.793. The zero-order chi connectivity index (χ0) is 18.1. The van der Waals surface area contributed by atoms with Gasteiger partial charge in [-0.25, -0.2) is 4.39 Å². The molecule has 0 saturated heterocycles. The summed E-state index contributed by atoms with van der Waals surface area (Å²) in [5, 5.41) is 6.14. The van der Waals surface area contributed by atoms with E-state index in [0.717, 1.165) is 17.4 Å². The minimum Gasteiger partial charge on any atom is -0.319 e. The first-order valence-corrected chi connectivity index (χ1v) is 8.45. The molecule has 0 bridgehead atoms. The molecule has 4 nitrogen and oxygen atoms in total. The van der Waals surface area contributed by atoms with Crippen LogP contribution in [0.25, 0.3) is 0 Å². The molecule has 0 atom stereocenters. The lowest BCUT2D eigenvalue weighted by Gasteiger charge is -2.16. The van der Waals surface area contributed by atoms with Crippen molar-refractivity contribution in [3.63, 3.8) is 0 Å². The molecule has 0 fully saturated rings. The van der Waals surface area contributed by atoms with Crippen molar-refractivity contribution in [2.75, 3.05) is 10.6 Å². The second kappa shape index (κ2) is 6.91. The maximum atomic E-state index is 13.8. The maximum absolute atomic E-state index is 13.8. The van der Waals surface area contributed by atoms with Gasteiger partial charge in [-0.2, -0.15) is 0 Å². The van der Waals surface area contributed by atoms with Crippen molar-refractivity contribution in [2.45, 2.75) is 27.7 Å². The molecule has 1 heterocycles. The summed E-state index contributed by atoms with van der Waals surface area (Å²) < 4.78 is 13.8. The number of amides is 2. The van der Waals surface area contributed by atoms with E-state index in [1.165, 1.54) is 12.1 Å². The highest BCUT2D eigenvalue weighted by molar-refractivity contribution is 7.18. The number of halogens is 2. The van der Waals surface area contributed by atoms with Gasteiger partial charge in [0, 0.05) is 10.4 Å². The Morgan fingerprint density at radius 3 is 2.42 bits per heavy atom. The van der Waals surface area contributed by atoms with Crippen LogP contribution >= 0.6 is 22.9 Å². The lowest BCUT2D eigenvalue weighted by atomic mass is 9.96. The van der Waals surface area contributed by atoms with Crippen LogP contribution in [0, 0.1) is 18.2 Å². The molecule has 0 spiro atoms. The Hall–Kier alpha value is -1.92. The van der Waals surface area contributed by atoms with Crippen LogP contribution in [0.2, 0.25) is 5.02 Å². The second-order valence-corrected chi connectivity index (χ2v) is 7.89. The molecule has 0 unspecified atom stereocenters. The number of carbonyl (C=O) groups is 2. The van der Waals surface area contributed by atoms with Crippen molar-refractivity contribution in [2.24, 2.45) is 5.41 Å². The highest BCUT2D eigenvalue weighted by atomic mass is 35.5. The van der Waals surface area contributed by atoms with Gasteiger partial charge < -0.3 is 10.6 Å². The van der Waals surface area contributed by atoms with Gasteiger partial charge in [0.05, 0.1) is 15.6 Å². The summed E-state index contributed by atoms with van der Waals surface area (Å²) in [5.41, 5.74) is 0.223. The van der Waals surface area contributed by atoms with Crippen molar-refractivity contribution >= 4 is 45.4 Å². The molecule has 0 aliphatic rings. The number of nitrogens with one attached hydrogen (secondary N) is 2. The van der Waals surface area contributed by atoms with Crippen LogP contribution in [0.3, 0.4) is 0 Å². The first kappa shape index (κ1) is 18.4. The Bertz CT molecular complexity index is 796. The summed E-state index contributed by atoms with van der Waals surface area (Å²) >= 11 is 6.84. The molecule has 1 aromatic heterocycles. The Balaban J connectivity index is 2.17. The van der Waals surface area contributed by atoms with E-state index >= 15 is 0 Å². The average Bonchev–Trinajstić information content (AvgIpc) is 2.81. The van der Waals surface area contributed by atoms with E-state index in [9.17, 15) is 14.0 Å². The van der Waals surface area contributed by atoms with Crippen LogP contribution in [-0.4, -0.2) is 11.8 Å². The SMILES string of the molecule is Cc1cc(NC(=O)C(C)(C)C)sc1C(=O)Nc1ccc(Cl)cc1F. The maximum Gasteiger partial charge on any atom is 0.266 e. The summed E-state index contributed by atoms with van der Waals surface area (Å²) in [6, 6.07) is 5.76. The van der Waals surface area contributed by atoms with Crippen molar-refractivity contribution in [3.05, 3.63) is 45.5 Å². The van der Waals surface area contributed by atoms with Crippen LogP contribution in [-0.2, 0) is 4.79 Å². The first-order chi connectivity index (χ1) is 11.1. The molecule has 1 aromatic carbocycles. The average molecular weight is 369 g/mol. The van der Waals surface area contributed by atoms with E-state index in [4.69, 9.17) is 11.6 Å². The molecule has 0 aliphatic carbocycles. The number of anilines is 2. The fraction of sp³-hybridized carbons (Fsp3) is 0.294. The molecular formula is C17H18ClFN2O2S. The first-order valence-electron chi connectivity index (χ1n) is 7.26. The second-order valence-electron chi connectivity index (χ2n) is 6.41. The molecule has 0 aliphatic heterocycles. The molecular weight excluding hydrogens is 351 g/mol. The third-order valence-corrected chi connectivity index (χ3v) is 4.61. The fourth-order valence-electron chi connectivity index (χ4n) is 1.84. The molecule has 2 rings (SSSR count). The van der Waals surface area contributed by atoms with Crippen LogP contribution in [0.4, 0.5) is 15.1 Å². The van der Waals surface area contributed by atoms with Crippen LogP contribution < -0.4 is 10.6 Å². The third-order valence-electron chi connectivity index (χ3n) is 3.22. The monoisotopic (exact) mass is 368 g/mol. The summed E-state index contributed by atoms with van der Waals surface area (Å²) in [6.45, 7) is 7.18. The van der Waals surface area contributed by atoms with Crippen LogP contribution in [0.5, 0.6) is 0 Å². The van der Waals surface area contributed by atoms with Gasteiger partial charge in [-0.15, -0.1) is 11.3 Å². The Morgan fingerprint density at radius 1 is 1.17 bits per heavy atom. The molecule has 2 N–H and O–H groups in total. The Kier molecular flexibility index (Phi) is 5.30. The summed E-state index contributed by atoms with van der Waals surface area (Å²) in [5.74, 6) is -1.18. The van der Waals surface area contributed by atoms with E-state index in [1.54, 1.807) is 33.8 Å². The molecule has 2 amide bonds. The lowest BCUT2D eigenvalue weighted by Crippen LogP contribution is -2.27. The third kappa shape index (κ3) is 4.33.